The Kier molecular flexibility index (Phi) is 5.69. The lowest BCUT2D eigenvalue weighted by atomic mass is 10.1. The second kappa shape index (κ2) is 7.35. The summed E-state index contributed by atoms with van der Waals surface area (Å²) in [6.45, 7) is 9.49. The molecule has 0 aromatic rings. The molecule has 0 bridgehead atoms. The van der Waals surface area contributed by atoms with E-state index in [2.05, 4.69) is 0 Å². The molecule has 2 aliphatic rings. The predicted molar refractivity (Wildman–Crippen MR) is 85.1 cm³/mol. The number of rotatable bonds is 1. The molecule has 1 atom stereocenters. The van der Waals surface area contributed by atoms with Crippen molar-refractivity contribution in [1.82, 2.24) is 14.7 Å². The standard InChI is InChI=1S/C15H28N4O4/c1-15(2,3)23-14(21)18-4-5-19(12(10-16)11-18)13(20)17-6-8-22-9-7-17/h12H,4-11,16H2,1-3H3. The molecular formula is C15H28N4O4. The summed E-state index contributed by atoms with van der Waals surface area (Å²) >= 11 is 0. The van der Waals surface area contributed by atoms with Crippen LogP contribution in [0, 0.1) is 0 Å². The molecule has 0 aromatic carbocycles. The van der Waals surface area contributed by atoms with Crippen molar-refractivity contribution in [3.63, 3.8) is 0 Å². The molecule has 0 radical (unpaired) electrons. The van der Waals surface area contributed by atoms with Crippen molar-refractivity contribution >= 4 is 12.1 Å². The number of carbonyl (C=O) groups excluding carboxylic acids is 2. The van der Waals surface area contributed by atoms with Gasteiger partial charge in [-0.05, 0) is 20.8 Å². The van der Waals surface area contributed by atoms with Crippen LogP contribution in [0.2, 0.25) is 0 Å². The Morgan fingerprint density at radius 1 is 1.13 bits per heavy atom. The van der Waals surface area contributed by atoms with Crippen molar-refractivity contribution in [2.75, 3.05) is 52.5 Å². The zero-order chi connectivity index (χ0) is 17.0. The van der Waals surface area contributed by atoms with Crippen LogP contribution < -0.4 is 5.73 Å². The summed E-state index contributed by atoms with van der Waals surface area (Å²) < 4.78 is 10.7. The van der Waals surface area contributed by atoms with Crippen LogP contribution in [0.1, 0.15) is 20.8 Å². The third kappa shape index (κ3) is 4.71. The van der Waals surface area contributed by atoms with Crippen LogP contribution in [0.5, 0.6) is 0 Å². The molecule has 0 saturated carbocycles. The monoisotopic (exact) mass is 328 g/mol. The Hall–Kier alpha value is -1.54. The molecule has 0 aliphatic carbocycles. The molecule has 2 aliphatic heterocycles. The van der Waals surface area contributed by atoms with Crippen LogP contribution in [-0.2, 0) is 9.47 Å². The van der Waals surface area contributed by atoms with Crippen LogP contribution in [0.15, 0.2) is 0 Å². The van der Waals surface area contributed by atoms with Crippen molar-refractivity contribution in [3.8, 4) is 0 Å². The summed E-state index contributed by atoms with van der Waals surface area (Å²) in [5.41, 5.74) is 5.30. The fourth-order valence-electron chi connectivity index (χ4n) is 2.74. The highest BCUT2D eigenvalue weighted by atomic mass is 16.6. The van der Waals surface area contributed by atoms with E-state index in [0.29, 0.717) is 52.5 Å². The average Bonchev–Trinajstić information content (AvgIpc) is 2.52. The molecule has 2 fully saturated rings. The van der Waals surface area contributed by atoms with E-state index in [1.54, 1.807) is 14.7 Å². The van der Waals surface area contributed by atoms with E-state index in [0.717, 1.165) is 0 Å². The second-order valence-electron chi connectivity index (χ2n) is 6.89. The van der Waals surface area contributed by atoms with Gasteiger partial charge >= 0.3 is 12.1 Å². The molecule has 0 aromatic heterocycles. The minimum Gasteiger partial charge on any atom is -0.444 e. The first-order valence-corrected chi connectivity index (χ1v) is 8.13. The number of piperazine rings is 1. The molecule has 2 rings (SSSR count). The van der Waals surface area contributed by atoms with Gasteiger partial charge in [0.15, 0.2) is 0 Å². The van der Waals surface area contributed by atoms with Gasteiger partial charge in [0.25, 0.3) is 0 Å². The van der Waals surface area contributed by atoms with Crippen molar-refractivity contribution in [1.29, 1.82) is 0 Å². The zero-order valence-corrected chi connectivity index (χ0v) is 14.3. The highest BCUT2D eigenvalue weighted by Gasteiger charge is 2.35. The van der Waals surface area contributed by atoms with Gasteiger partial charge in [0, 0.05) is 39.3 Å². The SMILES string of the molecule is CC(C)(C)OC(=O)N1CCN(C(=O)N2CCOCC2)C(CN)C1. The normalized spacial score (nSPS) is 23.0. The minimum absolute atomic E-state index is 0.0208. The highest BCUT2D eigenvalue weighted by molar-refractivity contribution is 5.76. The Morgan fingerprint density at radius 3 is 2.35 bits per heavy atom. The summed E-state index contributed by atoms with van der Waals surface area (Å²) in [6.07, 6.45) is -0.352. The topological polar surface area (TPSA) is 88.3 Å². The summed E-state index contributed by atoms with van der Waals surface area (Å²) in [6, 6.07) is -0.209. The van der Waals surface area contributed by atoms with E-state index in [-0.39, 0.29) is 18.2 Å². The van der Waals surface area contributed by atoms with Crippen molar-refractivity contribution < 1.29 is 19.1 Å². The smallest absolute Gasteiger partial charge is 0.410 e. The predicted octanol–water partition coefficient (Wildman–Crippen LogP) is 0.319. The summed E-state index contributed by atoms with van der Waals surface area (Å²) in [4.78, 5) is 30.0. The van der Waals surface area contributed by atoms with Gasteiger partial charge in [0.2, 0.25) is 0 Å². The number of ether oxygens (including phenoxy) is 2. The van der Waals surface area contributed by atoms with E-state index in [9.17, 15) is 9.59 Å². The zero-order valence-electron chi connectivity index (χ0n) is 14.3. The molecule has 23 heavy (non-hydrogen) atoms. The number of amides is 3. The first kappa shape index (κ1) is 17.8. The number of morpholine rings is 1. The van der Waals surface area contributed by atoms with Gasteiger partial charge in [-0.1, -0.05) is 0 Å². The number of hydrogen-bond donors (Lipinski definition) is 1. The van der Waals surface area contributed by atoms with E-state index < -0.39 is 5.60 Å². The molecule has 132 valence electrons. The molecular weight excluding hydrogens is 300 g/mol. The van der Waals surface area contributed by atoms with E-state index in [1.807, 2.05) is 20.8 Å². The van der Waals surface area contributed by atoms with Crippen molar-refractivity contribution in [2.24, 2.45) is 5.73 Å². The Balaban J connectivity index is 1.95. The lowest BCUT2D eigenvalue weighted by molar-refractivity contribution is 0.00251. The number of nitrogens with two attached hydrogens (primary N) is 1. The first-order chi connectivity index (χ1) is 10.8. The largest absolute Gasteiger partial charge is 0.444 e. The van der Waals surface area contributed by atoms with Crippen LogP contribution in [0.4, 0.5) is 9.59 Å². The Morgan fingerprint density at radius 2 is 1.78 bits per heavy atom. The van der Waals surface area contributed by atoms with Gasteiger partial charge in [0.1, 0.15) is 5.60 Å². The van der Waals surface area contributed by atoms with E-state index in [4.69, 9.17) is 15.2 Å². The lowest BCUT2D eigenvalue weighted by Gasteiger charge is -2.43. The van der Waals surface area contributed by atoms with Crippen molar-refractivity contribution in [2.45, 2.75) is 32.4 Å². The van der Waals surface area contributed by atoms with E-state index >= 15 is 0 Å². The average molecular weight is 328 g/mol. The molecule has 2 heterocycles. The van der Waals surface area contributed by atoms with Gasteiger partial charge in [-0.25, -0.2) is 9.59 Å². The number of carbonyl (C=O) groups is 2. The van der Waals surface area contributed by atoms with Gasteiger partial charge in [-0.2, -0.15) is 0 Å². The number of hydrogen-bond acceptors (Lipinski definition) is 5. The van der Waals surface area contributed by atoms with Crippen LogP contribution >= 0.6 is 0 Å². The van der Waals surface area contributed by atoms with Gasteiger partial charge in [0.05, 0.1) is 19.3 Å². The lowest BCUT2D eigenvalue weighted by Crippen LogP contribution is -2.62. The minimum atomic E-state index is -0.532. The second-order valence-corrected chi connectivity index (χ2v) is 6.89. The van der Waals surface area contributed by atoms with Crippen LogP contribution in [0.25, 0.3) is 0 Å². The highest BCUT2D eigenvalue weighted by Crippen LogP contribution is 2.16. The van der Waals surface area contributed by atoms with Crippen molar-refractivity contribution in [3.05, 3.63) is 0 Å². The quantitative estimate of drug-likeness (QED) is 0.749. The van der Waals surface area contributed by atoms with Gasteiger partial charge < -0.3 is 29.9 Å². The number of urea groups is 1. The summed E-state index contributed by atoms with van der Waals surface area (Å²) in [5, 5.41) is 0. The summed E-state index contributed by atoms with van der Waals surface area (Å²) in [7, 11) is 0. The maximum atomic E-state index is 12.6. The molecule has 3 amide bonds. The summed E-state index contributed by atoms with van der Waals surface area (Å²) in [5.74, 6) is 0. The molecule has 1 unspecified atom stereocenters. The van der Waals surface area contributed by atoms with Crippen LogP contribution in [-0.4, -0.2) is 90.9 Å². The fourth-order valence-corrected chi connectivity index (χ4v) is 2.74. The molecule has 8 nitrogen and oxygen atoms in total. The van der Waals surface area contributed by atoms with E-state index in [1.165, 1.54) is 0 Å². The maximum Gasteiger partial charge on any atom is 0.410 e. The Bertz CT molecular complexity index is 432. The van der Waals surface area contributed by atoms with Gasteiger partial charge in [-0.15, -0.1) is 0 Å². The number of nitrogens with zero attached hydrogens (tertiary/aromatic N) is 3. The maximum absolute atomic E-state index is 12.6. The molecule has 2 N–H and O–H groups in total. The Labute approximate surface area is 137 Å². The first-order valence-electron chi connectivity index (χ1n) is 8.13. The molecule has 0 spiro atoms. The molecule has 8 heteroatoms. The third-order valence-corrected chi connectivity index (χ3v) is 3.93. The third-order valence-electron chi connectivity index (χ3n) is 3.93. The van der Waals surface area contributed by atoms with Gasteiger partial charge in [-0.3, -0.25) is 0 Å². The molecule has 2 saturated heterocycles. The fraction of sp³-hybridized carbons (Fsp3) is 0.867. The van der Waals surface area contributed by atoms with Crippen LogP contribution in [0.3, 0.4) is 0 Å².